The first-order valence-electron chi connectivity index (χ1n) is 25.3. The molecule has 0 spiro atoms. The number of hydrogen-bond acceptors (Lipinski definition) is 8. The average molecular weight is 1010 g/mol. The molecule has 0 saturated heterocycles. The minimum Gasteiger partial charge on any atom is -0.499 e. The van der Waals surface area contributed by atoms with Crippen LogP contribution in [-0.2, 0) is 18.9 Å². The molecule has 0 amide bonds. The Morgan fingerprint density at radius 2 is 0.416 bits per heavy atom. The van der Waals surface area contributed by atoms with E-state index in [4.69, 9.17) is 18.9 Å². The van der Waals surface area contributed by atoms with Crippen molar-refractivity contribution in [2.75, 3.05) is 26.4 Å². The summed E-state index contributed by atoms with van der Waals surface area (Å²) in [6.45, 7) is -0.563. The molecule has 77 heavy (non-hydrogen) atoms. The van der Waals surface area contributed by atoms with Crippen LogP contribution in [-0.4, -0.2) is 26.4 Å². The maximum Gasteiger partial charge on any atom is 0.106 e. The molecule has 8 aromatic carbocycles. The van der Waals surface area contributed by atoms with E-state index in [-0.39, 0.29) is 26.4 Å². The summed E-state index contributed by atoms with van der Waals surface area (Å²) in [5.41, 5.74) is 7.34. The van der Waals surface area contributed by atoms with Gasteiger partial charge in [0.05, 0.1) is 71.6 Å². The van der Waals surface area contributed by atoms with Crippen LogP contribution in [0, 0.1) is 50.7 Å². The summed E-state index contributed by atoms with van der Waals surface area (Å²) in [6.07, 6.45) is 5.91. The van der Waals surface area contributed by atoms with E-state index >= 15 is 0 Å². The van der Waals surface area contributed by atoms with Crippen LogP contribution in [0.4, 0.5) is 0 Å². The van der Waals surface area contributed by atoms with E-state index in [0.29, 0.717) is 22.3 Å². The summed E-state index contributed by atoms with van der Waals surface area (Å²) in [5, 5.41) is 43.5. The Labute approximate surface area is 452 Å². The summed E-state index contributed by atoms with van der Waals surface area (Å²) in [5.74, 6) is -1.84. The highest BCUT2D eigenvalue weighted by atomic mass is 16.5. The van der Waals surface area contributed by atoms with Crippen LogP contribution in [0.25, 0.3) is 0 Å². The summed E-state index contributed by atoms with van der Waals surface area (Å²) >= 11 is 0. The van der Waals surface area contributed by atoms with Crippen molar-refractivity contribution in [3.05, 3.63) is 335 Å². The third kappa shape index (κ3) is 14.1. The molecular formula is C69H56N4O4. The molecule has 376 valence electrons. The summed E-state index contributed by atoms with van der Waals surface area (Å²) in [4.78, 5) is 0. The second-order valence-corrected chi connectivity index (χ2v) is 18.5. The zero-order valence-corrected chi connectivity index (χ0v) is 42.5. The first-order valence-corrected chi connectivity index (χ1v) is 25.3. The third-order valence-corrected chi connectivity index (χ3v) is 13.2. The van der Waals surface area contributed by atoms with Gasteiger partial charge in [0.2, 0.25) is 0 Å². The normalized spacial score (nSPS) is 12.7. The summed E-state index contributed by atoms with van der Waals surface area (Å²) in [6, 6.07) is 87.8. The standard InChI is InChI=1S/C69H56N4O4/c70-41-61(65(53-25-9-1-10-26-53)54-27-11-2-12-28-54)45-74-49-69(50-75-46-62(42-71)66(55-29-13-3-14-30-55)56-31-15-4-16-32-56,51-76-47-63(43-72)67(57-33-17-5-18-34-57)58-35-19-6-20-36-58)52-77-48-64(44-73)68(59-37-21-7-22-38-59)60-39-23-8-24-40-60/h1-40,45-48,65-68H,49-52H2. The molecule has 0 heterocycles. The highest BCUT2D eigenvalue weighted by molar-refractivity contribution is 5.49. The minimum atomic E-state index is -1.25. The van der Waals surface area contributed by atoms with Crippen LogP contribution in [0.15, 0.2) is 290 Å². The number of nitrogens with zero attached hydrogens (tertiary/aromatic N) is 4. The van der Waals surface area contributed by atoms with Crippen LogP contribution in [0.2, 0.25) is 0 Å². The predicted molar refractivity (Wildman–Crippen MR) is 300 cm³/mol. The van der Waals surface area contributed by atoms with Crippen molar-refractivity contribution in [2.45, 2.75) is 23.7 Å². The molecule has 0 unspecified atom stereocenters. The van der Waals surface area contributed by atoms with Crippen LogP contribution >= 0.6 is 0 Å². The lowest BCUT2D eigenvalue weighted by atomic mass is 9.85. The van der Waals surface area contributed by atoms with Gasteiger partial charge in [-0.2, -0.15) is 21.0 Å². The van der Waals surface area contributed by atoms with Crippen molar-refractivity contribution < 1.29 is 18.9 Å². The van der Waals surface area contributed by atoms with Gasteiger partial charge in [-0.3, -0.25) is 0 Å². The fourth-order valence-electron chi connectivity index (χ4n) is 9.49. The molecule has 0 saturated carbocycles. The van der Waals surface area contributed by atoms with Gasteiger partial charge < -0.3 is 18.9 Å². The minimum absolute atomic E-state index is 0.141. The third-order valence-electron chi connectivity index (χ3n) is 13.2. The Hall–Kier alpha value is -10.1. The zero-order chi connectivity index (χ0) is 53.3. The van der Waals surface area contributed by atoms with Crippen LogP contribution in [0.3, 0.4) is 0 Å². The van der Waals surface area contributed by atoms with E-state index in [0.717, 1.165) is 44.5 Å². The fraction of sp³-hybridized carbons (Fsp3) is 0.130. The number of hydrogen-bond donors (Lipinski definition) is 0. The van der Waals surface area contributed by atoms with E-state index in [1.165, 1.54) is 25.0 Å². The lowest BCUT2D eigenvalue weighted by molar-refractivity contribution is -0.0486. The number of allylic oxidation sites excluding steroid dienone is 4. The fourth-order valence-corrected chi connectivity index (χ4v) is 9.49. The number of nitriles is 4. The van der Waals surface area contributed by atoms with Crippen molar-refractivity contribution in [1.29, 1.82) is 21.0 Å². The predicted octanol–water partition coefficient (Wildman–Crippen LogP) is 15.0. The van der Waals surface area contributed by atoms with Crippen molar-refractivity contribution >= 4 is 0 Å². The van der Waals surface area contributed by atoms with Crippen LogP contribution in [0.1, 0.15) is 68.2 Å². The smallest absolute Gasteiger partial charge is 0.106 e. The molecule has 8 aromatic rings. The Morgan fingerprint density at radius 1 is 0.273 bits per heavy atom. The Kier molecular flexibility index (Phi) is 19.2. The number of ether oxygens (including phenoxy) is 4. The SMILES string of the molecule is N#CC(=COCC(COC=C(C#N)C(c1ccccc1)c1ccccc1)(COC=C(C#N)C(c1ccccc1)c1ccccc1)COC=C(C#N)C(c1ccccc1)c1ccccc1)C(c1ccccc1)c1ccccc1. The highest BCUT2D eigenvalue weighted by Gasteiger charge is 2.36. The Bertz CT molecular complexity index is 2770. The quantitative estimate of drug-likeness (QED) is 0.0432. The molecule has 0 radical (unpaired) electrons. The van der Waals surface area contributed by atoms with E-state index < -0.39 is 29.1 Å². The van der Waals surface area contributed by atoms with Crippen LogP contribution < -0.4 is 0 Å². The van der Waals surface area contributed by atoms with Crippen molar-refractivity contribution in [1.82, 2.24) is 0 Å². The van der Waals surface area contributed by atoms with Gasteiger partial charge in [0.15, 0.2) is 0 Å². The van der Waals surface area contributed by atoms with Gasteiger partial charge in [0.25, 0.3) is 0 Å². The Balaban J connectivity index is 1.23. The molecule has 8 heteroatoms. The van der Waals surface area contributed by atoms with Gasteiger partial charge in [-0.05, 0) is 44.5 Å². The van der Waals surface area contributed by atoms with Gasteiger partial charge in [-0.15, -0.1) is 0 Å². The topological polar surface area (TPSA) is 132 Å². The molecule has 8 nitrogen and oxygen atoms in total. The van der Waals surface area contributed by atoms with E-state index in [2.05, 4.69) is 24.3 Å². The lowest BCUT2D eigenvalue weighted by Gasteiger charge is -2.32. The first kappa shape index (κ1) is 53.2. The summed E-state index contributed by atoms with van der Waals surface area (Å²) in [7, 11) is 0. The summed E-state index contributed by atoms with van der Waals surface area (Å²) < 4.78 is 26.4. The molecule has 0 aliphatic carbocycles. The van der Waals surface area contributed by atoms with Gasteiger partial charge in [-0.25, -0.2) is 0 Å². The number of benzene rings is 8. The maximum absolute atomic E-state index is 10.9. The zero-order valence-electron chi connectivity index (χ0n) is 42.5. The molecule has 0 aliphatic heterocycles. The van der Waals surface area contributed by atoms with Gasteiger partial charge in [-0.1, -0.05) is 243 Å². The van der Waals surface area contributed by atoms with Crippen molar-refractivity contribution in [3.8, 4) is 24.3 Å². The Morgan fingerprint density at radius 3 is 0.545 bits per heavy atom. The molecule has 0 bridgehead atoms. The largest absolute Gasteiger partial charge is 0.499 e. The molecule has 0 fully saturated rings. The molecular weight excluding hydrogens is 949 g/mol. The highest BCUT2D eigenvalue weighted by Crippen LogP contribution is 2.37. The van der Waals surface area contributed by atoms with Crippen molar-refractivity contribution in [3.63, 3.8) is 0 Å². The van der Waals surface area contributed by atoms with Gasteiger partial charge >= 0.3 is 0 Å². The van der Waals surface area contributed by atoms with E-state index in [1.54, 1.807) is 0 Å². The van der Waals surface area contributed by atoms with Gasteiger partial charge in [0, 0.05) is 23.7 Å². The monoisotopic (exact) mass is 1000 g/mol. The molecule has 0 aliphatic rings. The molecule has 0 aromatic heterocycles. The van der Waals surface area contributed by atoms with E-state index in [1.807, 2.05) is 243 Å². The maximum atomic E-state index is 10.9. The molecule has 0 atom stereocenters. The molecule has 0 N–H and O–H groups in total. The first-order chi connectivity index (χ1) is 38.0. The second-order valence-electron chi connectivity index (χ2n) is 18.5. The van der Waals surface area contributed by atoms with Crippen molar-refractivity contribution in [2.24, 2.45) is 5.41 Å². The van der Waals surface area contributed by atoms with Gasteiger partial charge in [0.1, 0.15) is 31.8 Å². The average Bonchev–Trinajstić information content (AvgIpc) is 3.50. The number of rotatable bonds is 24. The second kappa shape index (κ2) is 27.8. The van der Waals surface area contributed by atoms with E-state index in [9.17, 15) is 21.0 Å². The molecule has 8 rings (SSSR count). The lowest BCUT2D eigenvalue weighted by Crippen LogP contribution is -2.40. The van der Waals surface area contributed by atoms with Crippen LogP contribution in [0.5, 0.6) is 0 Å².